The van der Waals surface area contributed by atoms with Gasteiger partial charge in [-0.25, -0.2) is 4.98 Å². The molecule has 0 radical (unpaired) electrons. The van der Waals surface area contributed by atoms with Crippen molar-refractivity contribution in [3.63, 3.8) is 0 Å². The van der Waals surface area contributed by atoms with E-state index in [1.54, 1.807) is 7.11 Å². The molecule has 192 valence electrons. The SMILES string of the molecule is COc1ccc(-c2cc(-c3ccccc3)nc(SCCC(=O)Nc3cc(C)nc4ccccc34)c2C#N)cc1. The number of methoxy groups -OCH3 is 1. The van der Waals surface area contributed by atoms with Crippen molar-refractivity contribution >= 4 is 34.3 Å². The molecular weight excluding hydrogens is 504 g/mol. The first-order chi connectivity index (χ1) is 19.1. The van der Waals surface area contributed by atoms with Gasteiger partial charge in [-0.05, 0) is 42.8 Å². The summed E-state index contributed by atoms with van der Waals surface area (Å²) in [6.07, 6.45) is 0.264. The highest BCUT2D eigenvalue weighted by atomic mass is 32.2. The van der Waals surface area contributed by atoms with Gasteiger partial charge in [0.1, 0.15) is 16.8 Å². The van der Waals surface area contributed by atoms with E-state index in [0.29, 0.717) is 16.3 Å². The minimum atomic E-state index is -0.105. The van der Waals surface area contributed by atoms with Gasteiger partial charge in [0.2, 0.25) is 5.91 Å². The largest absolute Gasteiger partial charge is 0.497 e. The van der Waals surface area contributed by atoms with Crippen molar-refractivity contribution in [2.75, 3.05) is 18.2 Å². The molecule has 2 aromatic heterocycles. The summed E-state index contributed by atoms with van der Waals surface area (Å²) in [7, 11) is 1.62. The third-order valence-corrected chi connectivity index (χ3v) is 7.23. The number of benzene rings is 3. The highest BCUT2D eigenvalue weighted by molar-refractivity contribution is 7.99. The fraction of sp³-hybridized carbons (Fsp3) is 0.125. The predicted molar refractivity (Wildman–Crippen MR) is 157 cm³/mol. The lowest BCUT2D eigenvalue weighted by atomic mass is 9.99. The number of hydrogen-bond donors (Lipinski definition) is 1. The minimum Gasteiger partial charge on any atom is -0.497 e. The van der Waals surface area contributed by atoms with Crippen LogP contribution in [0.5, 0.6) is 5.75 Å². The molecule has 39 heavy (non-hydrogen) atoms. The van der Waals surface area contributed by atoms with Gasteiger partial charge in [-0.2, -0.15) is 5.26 Å². The molecule has 0 bridgehead atoms. The topological polar surface area (TPSA) is 87.9 Å². The number of anilines is 1. The molecule has 1 N–H and O–H groups in total. The molecule has 7 heteroatoms. The van der Waals surface area contributed by atoms with Gasteiger partial charge in [-0.15, -0.1) is 11.8 Å². The monoisotopic (exact) mass is 530 g/mol. The van der Waals surface area contributed by atoms with E-state index in [0.717, 1.165) is 50.4 Å². The molecule has 0 unspecified atom stereocenters. The van der Waals surface area contributed by atoms with Crippen LogP contribution in [0.3, 0.4) is 0 Å². The van der Waals surface area contributed by atoms with Crippen molar-refractivity contribution in [2.24, 2.45) is 0 Å². The molecule has 0 atom stereocenters. The fourth-order valence-corrected chi connectivity index (χ4v) is 5.30. The summed E-state index contributed by atoms with van der Waals surface area (Å²) in [5.41, 5.74) is 6.32. The number of nitrogens with zero attached hydrogens (tertiary/aromatic N) is 3. The first-order valence-electron chi connectivity index (χ1n) is 12.5. The van der Waals surface area contributed by atoms with E-state index in [1.165, 1.54) is 11.8 Å². The van der Waals surface area contributed by atoms with Crippen molar-refractivity contribution < 1.29 is 9.53 Å². The standard InChI is InChI=1S/C32H26N4O2S/c1-21-18-30(25-10-6-7-11-28(25)34-21)35-31(37)16-17-39-32-27(20-33)26(22-12-14-24(38-2)15-13-22)19-29(36-32)23-8-4-3-5-9-23/h3-15,18-19H,16-17H2,1-2H3,(H,34,35,37). The number of aryl methyl sites for hydroxylation is 1. The van der Waals surface area contributed by atoms with Crippen LogP contribution >= 0.6 is 11.8 Å². The van der Waals surface area contributed by atoms with Crippen molar-refractivity contribution in [2.45, 2.75) is 18.4 Å². The van der Waals surface area contributed by atoms with Gasteiger partial charge in [-0.1, -0.05) is 60.7 Å². The van der Waals surface area contributed by atoms with Crippen molar-refractivity contribution in [3.05, 3.63) is 102 Å². The van der Waals surface area contributed by atoms with Crippen LogP contribution in [-0.4, -0.2) is 28.7 Å². The normalized spacial score (nSPS) is 10.7. The van der Waals surface area contributed by atoms with Crippen LogP contribution in [0.1, 0.15) is 17.7 Å². The molecule has 0 aliphatic heterocycles. The number of para-hydroxylation sites is 1. The third-order valence-electron chi connectivity index (χ3n) is 6.25. The van der Waals surface area contributed by atoms with E-state index in [4.69, 9.17) is 9.72 Å². The lowest BCUT2D eigenvalue weighted by Crippen LogP contribution is -2.13. The highest BCUT2D eigenvalue weighted by Crippen LogP contribution is 2.35. The number of rotatable bonds is 8. The van der Waals surface area contributed by atoms with E-state index in [-0.39, 0.29) is 12.3 Å². The quantitative estimate of drug-likeness (QED) is 0.212. The first-order valence-corrected chi connectivity index (χ1v) is 13.5. The van der Waals surface area contributed by atoms with E-state index in [9.17, 15) is 10.1 Å². The molecule has 0 saturated carbocycles. The van der Waals surface area contributed by atoms with Crippen LogP contribution in [0.25, 0.3) is 33.3 Å². The average molecular weight is 531 g/mol. The summed E-state index contributed by atoms with van der Waals surface area (Å²) in [6, 6.07) is 31.4. The van der Waals surface area contributed by atoms with Gasteiger partial charge in [0.25, 0.3) is 0 Å². The Bertz CT molecular complexity index is 1680. The molecule has 0 aliphatic carbocycles. The maximum absolute atomic E-state index is 12.9. The van der Waals surface area contributed by atoms with E-state index < -0.39 is 0 Å². The molecule has 2 heterocycles. The van der Waals surface area contributed by atoms with Crippen molar-refractivity contribution in [1.82, 2.24) is 9.97 Å². The molecule has 1 amide bonds. The summed E-state index contributed by atoms with van der Waals surface area (Å²) in [4.78, 5) is 22.3. The molecule has 0 saturated heterocycles. The second-order valence-electron chi connectivity index (χ2n) is 8.92. The van der Waals surface area contributed by atoms with E-state index in [1.807, 2.05) is 97.9 Å². The number of fused-ring (bicyclic) bond motifs is 1. The van der Waals surface area contributed by atoms with Crippen LogP contribution in [0.2, 0.25) is 0 Å². The van der Waals surface area contributed by atoms with Crippen LogP contribution in [0, 0.1) is 18.3 Å². The van der Waals surface area contributed by atoms with Gasteiger partial charge in [-0.3, -0.25) is 9.78 Å². The molecule has 0 spiro atoms. The molecular formula is C32H26N4O2S. The molecule has 0 fully saturated rings. The summed E-state index contributed by atoms with van der Waals surface area (Å²) >= 11 is 1.41. The number of carbonyl (C=O) groups is 1. The second-order valence-corrected chi connectivity index (χ2v) is 10.0. The average Bonchev–Trinajstić information content (AvgIpc) is 2.97. The summed E-state index contributed by atoms with van der Waals surface area (Å²) < 4.78 is 5.30. The Hall–Kier alpha value is -4.67. The Morgan fingerprint density at radius 3 is 2.44 bits per heavy atom. The zero-order chi connectivity index (χ0) is 27.2. The predicted octanol–water partition coefficient (Wildman–Crippen LogP) is 7.27. The van der Waals surface area contributed by atoms with Crippen LogP contribution in [0.15, 0.2) is 96.0 Å². The van der Waals surface area contributed by atoms with Crippen molar-refractivity contribution in [3.8, 4) is 34.2 Å². The van der Waals surface area contributed by atoms with Gasteiger partial charge < -0.3 is 10.1 Å². The van der Waals surface area contributed by atoms with Crippen LogP contribution in [-0.2, 0) is 4.79 Å². The Morgan fingerprint density at radius 2 is 1.69 bits per heavy atom. The fourth-order valence-electron chi connectivity index (χ4n) is 4.35. The number of hydrogen-bond acceptors (Lipinski definition) is 6. The second kappa shape index (κ2) is 11.8. The third kappa shape index (κ3) is 5.92. The van der Waals surface area contributed by atoms with Crippen LogP contribution in [0.4, 0.5) is 5.69 Å². The van der Waals surface area contributed by atoms with E-state index >= 15 is 0 Å². The molecule has 3 aromatic carbocycles. The lowest BCUT2D eigenvalue weighted by Gasteiger charge is -2.13. The number of pyridine rings is 2. The first kappa shape index (κ1) is 26.0. The Labute approximate surface area is 231 Å². The van der Waals surface area contributed by atoms with Crippen molar-refractivity contribution in [1.29, 1.82) is 5.26 Å². The molecule has 5 rings (SSSR count). The number of amides is 1. The maximum atomic E-state index is 12.9. The maximum Gasteiger partial charge on any atom is 0.225 e. The van der Waals surface area contributed by atoms with Gasteiger partial charge in [0.05, 0.1) is 29.6 Å². The molecule has 6 nitrogen and oxygen atoms in total. The Morgan fingerprint density at radius 1 is 0.949 bits per heavy atom. The summed E-state index contributed by atoms with van der Waals surface area (Å²) in [5.74, 6) is 1.11. The summed E-state index contributed by atoms with van der Waals surface area (Å²) in [6.45, 7) is 1.91. The molecule has 5 aromatic rings. The number of nitrogens with one attached hydrogen (secondary N) is 1. The zero-order valence-electron chi connectivity index (χ0n) is 21.6. The number of carbonyl (C=O) groups excluding carboxylic acids is 1. The minimum absolute atomic E-state index is 0.105. The summed E-state index contributed by atoms with van der Waals surface area (Å²) in [5, 5.41) is 14.7. The number of aromatic nitrogens is 2. The highest BCUT2D eigenvalue weighted by Gasteiger charge is 2.17. The number of thioether (sulfide) groups is 1. The van der Waals surface area contributed by atoms with Gasteiger partial charge >= 0.3 is 0 Å². The smallest absolute Gasteiger partial charge is 0.225 e. The zero-order valence-corrected chi connectivity index (χ0v) is 22.5. The molecule has 0 aliphatic rings. The van der Waals surface area contributed by atoms with Gasteiger partial charge in [0.15, 0.2) is 0 Å². The Kier molecular flexibility index (Phi) is 7.86. The van der Waals surface area contributed by atoms with Gasteiger partial charge in [0, 0.05) is 34.4 Å². The number of nitriles is 1. The Balaban J connectivity index is 1.40. The number of ether oxygens (including phenoxy) is 1. The van der Waals surface area contributed by atoms with E-state index in [2.05, 4.69) is 16.4 Å². The lowest BCUT2D eigenvalue weighted by molar-refractivity contribution is -0.115. The van der Waals surface area contributed by atoms with Crippen LogP contribution < -0.4 is 10.1 Å².